The molecular weight excluding hydrogens is 250 g/mol. The molecule has 1 N–H and O–H groups in total. The molecule has 0 atom stereocenters. The Morgan fingerprint density at radius 3 is 2.70 bits per heavy atom. The van der Waals surface area contributed by atoms with Crippen LogP contribution in [0.25, 0.3) is 0 Å². The molecule has 0 saturated heterocycles. The molecule has 0 amide bonds. The summed E-state index contributed by atoms with van der Waals surface area (Å²) < 4.78 is 0. The zero-order valence-electron chi connectivity index (χ0n) is 11.8. The second-order valence-electron chi connectivity index (χ2n) is 4.06. The molecule has 20 heavy (non-hydrogen) atoms. The summed E-state index contributed by atoms with van der Waals surface area (Å²) in [5, 5.41) is 2.78. The van der Waals surface area contributed by atoms with E-state index in [1.54, 1.807) is 7.05 Å². The topological polar surface area (TPSA) is 44.7 Å². The molecular formula is C16H19N3O. The predicted molar refractivity (Wildman–Crippen MR) is 82.5 cm³/mol. The molecule has 0 radical (unpaired) electrons. The van der Waals surface area contributed by atoms with Gasteiger partial charge < -0.3 is 10.2 Å². The van der Waals surface area contributed by atoms with E-state index in [0.29, 0.717) is 12.2 Å². The van der Waals surface area contributed by atoms with Crippen molar-refractivity contribution in [1.29, 1.82) is 0 Å². The van der Waals surface area contributed by atoms with Crippen LogP contribution in [0, 0.1) is 0 Å². The van der Waals surface area contributed by atoms with E-state index in [9.17, 15) is 4.79 Å². The van der Waals surface area contributed by atoms with Crippen LogP contribution in [0.3, 0.4) is 0 Å². The van der Waals surface area contributed by atoms with Gasteiger partial charge in [0, 0.05) is 26.2 Å². The molecule has 104 valence electrons. The highest BCUT2D eigenvalue weighted by atomic mass is 16.1. The van der Waals surface area contributed by atoms with Gasteiger partial charge in [-0.1, -0.05) is 36.9 Å². The van der Waals surface area contributed by atoms with Gasteiger partial charge >= 0.3 is 0 Å². The van der Waals surface area contributed by atoms with Crippen LogP contribution < -0.4 is 5.32 Å². The highest BCUT2D eigenvalue weighted by Gasteiger charge is 2.07. The summed E-state index contributed by atoms with van der Waals surface area (Å²) in [6.07, 6.45) is 4.07. The fourth-order valence-corrected chi connectivity index (χ4v) is 1.55. The maximum atomic E-state index is 10.8. The van der Waals surface area contributed by atoms with E-state index in [0.717, 1.165) is 17.7 Å². The third kappa shape index (κ3) is 4.59. The van der Waals surface area contributed by atoms with Crippen molar-refractivity contribution in [1.82, 2.24) is 10.2 Å². The van der Waals surface area contributed by atoms with Crippen molar-refractivity contribution < 1.29 is 4.79 Å². The molecule has 1 aromatic rings. The number of carbonyl (C=O) groups excluding carboxylic acids is 1. The number of nitrogens with zero attached hydrogens (tertiary/aromatic N) is 2. The highest BCUT2D eigenvalue weighted by molar-refractivity contribution is 5.99. The Labute approximate surface area is 119 Å². The van der Waals surface area contributed by atoms with Gasteiger partial charge in [0.1, 0.15) is 5.84 Å². The third-order valence-electron chi connectivity index (χ3n) is 2.64. The quantitative estimate of drug-likeness (QED) is 0.282. The Bertz CT molecular complexity index is 540. The first kappa shape index (κ1) is 15.5. The zero-order valence-corrected chi connectivity index (χ0v) is 11.8. The fraction of sp³-hybridized carbons (Fsp3) is 0.188. The normalized spacial score (nSPS) is 11.5. The first-order valence-electron chi connectivity index (χ1n) is 6.24. The number of hydrogen-bond acceptors (Lipinski definition) is 3. The first-order valence-corrected chi connectivity index (χ1v) is 6.24. The molecule has 1 rings (SSSR count). The summed E-state index contributed by atoms with van der Waals surface area (Å²) in [5.74, 6) is 0.770. The van der Waals surface area contributed by atoms with E-state index in [4.69, 9.17) is 0 Å². The summed E-state index contributed by atoms with van der Waals surface area (Å²) in [5.41, 5.74) is 4.14. The lowest BCUT2D eigenvalue weighted by atomic mass is 10.2. The van der Waals surface area contributed by atoms with E-state index in [2.05, 4.69) is 22.6 Å². The number of aliphatic imine (C=N–C) groups is 1. The summed E-state index contributed by atoms with van der Waals surface area (Å²) >= 11 is 0. The predicted octanol–water partition coefficient (Wildman–Crippen LogP) is 1.97. The standard InChI is InChI=1S/C16H19N3O/c1-4-5-11-19(3)16(14-9-7-6-8-10-14)18-12-15(13-20)17-2/h5-10,12-13,17H,1,11H2,2-3H3/b15-12+,18-16?. The van der Waals surface area contributed by atoms with Crippen LogP contribution in [0.15, 0.2) is 65.6 Å². The highest BCUT2D eigenvalue weighted by Crippen LogP contribution is 2.05. The smallest absolute Gasteiger partial charge is 0.167 e. The molecule has 0 unspecified atom stereocenters. The molecule has 0 spiro atoms. The molecule has 0 saturated carbocycles. The summed E-state index contributed by atoms with van der Waals surface area (Å²) in [6.45, 7) is 4.19. The number of hydrogen-bond donors (Lipinski definition) is 1. The van der Waals surface area contributed by atoms with Crippen molar-refractivity contribution in [2.24, 2.45) is 4.99 Å². The van der Waals surface area contributed by atoms with Crippen molar-refractivity contribution >= 4 is 12.1 Å². The molecule has 0 heterocycles. The van der Waals surface area contributed by atoms with Crippen LogP contribution in [-0.4, -0.2) is 37.7 Å². The molecule has 0 fully saturated rings. The van der Waals surface area contributed by atoms with E-state index < -0.39 is 0 Å². The van der Waals surface area contributed by atoms with Gasteiger partial charge in [0.15, 0.2) is 6.29 Å². The minimum absolute atomic E-state index is 0.422. The monoisotopic (exact) mass is 269 g/mol. The van der Waals surface area contributed by atoms with E-state index in [1.165, 1.54) is 6.20 Å². The van der Waals surface area contributed by atoms with E-state index in [1.807, 2.05) is 48.4 Å². The Balaban J connectivity index is 3.13. The SMILES string of the molecule is C=C=CCN(C)C(=N/C=C(\C=O)NC)c1ccccc1. The van der Waals surface area contributed by atoms with Gasteiger partial charge in [0.25, 0.3) is 0 Å². The molecule has 1 aromatic carbocycles. The fourth-order valence-electron chi connectivity index (χ4n) is 1.55. The third-order valence-corrected chi connectivity index (χ3v) is 2.64. The Morgan fingerprint density at radius 1 is 1.45 bits per heavy atom. The van der Waals surface area contributed by atoms with Crippen LogP contribution in [-0.2, 0) is 4.79 Å². The average molecular weight is 269 g/mol. The molecule has 0 aliphatic rings. The number of allylic oxidation sites excluding steroid dienone is 1. The van der Waals surface area contributed by atoms with Gasteiger partial charge in [0.05, 0.1) is 11.9 Å². The van der Waals surface area contributed by atoms with Gasteiger partial charge in [0.2, 0.25) is 0 Å². The number of amidine groups is 1. The zero-order chi connectivity index (χ0) is 14.8. The van der Waals surface area contributed by atoms with Crippen LogP contribution >= 0.6 is 0 Å². The number of rotatable bonds is 6. The second kappa shape index (κ2) is 8.51. The minimum atomic E-state index is 0.422. The van der Waals surface area contributed by atoms with Crippen LogP contribution in [0.4, 0.5) is 0 Å². The molecule has 0 bridgehead atoms. The number of benzene rings is 1. The Morgan fingerprint density at radius 2 is 2.15 bits per heavy atom. The lowest BCUT2D eigenvalue weighted by molar-refractivity contribution is -0.105. The van der Waals surface area contributed by atoms with Gasteiger partial charge in [-0.3, -0.25) is 4.79 Å². The first-order chi connectivity index (χ1) is 9.72. The van der Waals surface area contributed by atoms with Crippen LogP contribution in [0.2, 0.25) is 0 Å². The van der Waals surface area contributed by atoms with Gasteiger partial charge in [-0.05, 0) is 6.08 Å². The molecule has 0 aromatic heterocycles. The average Bonchev–Trinajstić information content (AvgIpc) is 2.50. The van der Waals surface area contributed by atoms with Crippen molar-refractivity contribution in [3.05, 3.63) is 66.2 Å². The summed E-state index contributed by atoms with van der Waals surface area (Å²) in [4.78, 5) is 17.2. The van der Waals surface area contributed by atoms with Crippen molar-refractivity contribution in [3.8, 4) is 0 Å². The number of aldehydes is 1. The van der Waals surface area contributed by atoms with E-state index in [-0.39, 0.29) is 0 Å². The lowest BCUT2D eigenvalue weighted by Crippen LogP contribution is -2.27. The number of nitrogens with one attached hydrogen (secondary N) is 1. The molecule has 4 heteroatoms. The minimum Gasteiger partial charge on any atom is -0.384 e. The largest absolute Gasteiger partial charge is 0.384 e. The van der Waals surface area contributed by atoms with Gasteiger partial charge in [-0.15, -0.1) is 5.73 Å². The molecule has 0 aliphatic carbocycles. The molecule has 4 nitrogen and oxygen atoms in total. The Kier molecular flexibility index (Phi) is 6.59. The lowest BCUT2D eigenvalue weighted by Gasteiger charge is -2.19. The van der Waals surface area contributed by atoms with Crippen molar-refractivity contribution in [3.63, 3.8) is 0 Å². The second-order valence-corrected chi connectivity index (χ2v) is 4.06. The number of carbonyl (C=O) groups is 1. The van der Waals surface area contributed by atoms with Crippen molar-refractivity contribution in [2.45, 2.75) is 0 Å². The van der Waals surface area contributed by atoms with Crippen molar-refractivity contribution in [2.75, 3.05) is 20.6 Å². The maximum Gasteiger partial charge on any atom is 0.167 e. The van der Waals surface area contributed by atoms with E-state index >= 15 is 0 Å². The van der Waals surface area contributed by atoms with Crippen LogP contribution in [0.5, 0.6) is 0 Å². The number of likely N-dealkylation sites (N-methyl/N-ethyl adjacent to an activating group) is 2. The van der Waals surface area contributed by atoms with Gasteiger partial charge in [-0.25, -0.2) is 4.99 Å². The Hall–Kier alpha value is -2.58. The van der Waals surface area contributed by atoms with Gasteiger partial charge in [-0.2, -0.15) is 0 Å². The summed E-state index contributed by atoms with van der Waals surface area (Å²) in [7, 11) is 3.61. The van der Waals surface area contributed by atoms with Crippen LogP contribution in [0.1, 0.15) is 5.56 Å². The summed E-state index contributed by atoms with van der Waals surface area (Å²) in [6, 6.07) is 9.79. The maximum absolute atomic E-state index is 10.8. The molecule has 0 aliphatic heterocycles.